The van der Waals surface area contributed by atoms with Crippen LogP contribution in [0.1, 0.15) is 15.9 Å². The fourth-order valence-electron chi connectivity index (χ4n) is 3.29. The highest BCUT2D eigenvalue weighted by Crippen LogP contribution is 2.25. The molecule has 2 aromatic heterocycles. The van der Waals surface area contributed by atoms with Crippen LogP contribution in [-0.2, 0) is 6.54 Å². The lowest BCUT2D eigenvalue weighted by Crippen LogP contribution is -2.43. The number of piperazine rings is 1. The number of nitrogens with one attached hydrogen (secondary N) is 1. The van der Waals surface area contributed by atoms with E-state index >= 15 is 0 Å². The molecule has 0 spiro atoms. The summed E-state index contributed by atoms with van der Waals surface area (Å²) in [6.07, 6.45) is 3.45. The molecule has 1 aliphatic heterocycles. The van der Waals surface area contributed by atoms with Crippen LogP contribution in [0.2, 0.25) is 0 Å². The first kappa shape index (κ1) is 20.5. The van der Waals surface area contributed by atoms with Crippen molar-refractivity contribution >= 4 is 23.4 Å². The summed E-state index contributed by atoms with van der Waals surface area (Å²) >= 11 is 1.46. The molecule has 0 atom stereocenters. The first-order chi connectivity index (χ1) is 14.7. The standard InChI is InChI=1S/C23H25N5OS/c1-27-12-14-28(15-13-27)17-18-5-7-19(8-6-18)23(29)26-20-9-11-25-22(16-20)30-21-4-2-3-10-24-21/h2-11,16H,12-15,17H2,1H3,(H,25,26,29). The number of benzene rings is 1. The van der Waals surface area contributed by atoms with Crippen LogP contribution in [0.5, 0.6) is 0 Å². The molecule has 3 aromatic rings. The molecule has 0 aliphatic carbocycles. The number of hydrogen-bond acceptors (Lipinski definition) is 6. The van der Waals surface area contributed by atoms with Crippen LogP contribution in [0.15, 0.2) is 77.0 Å². The Morgan fingerprint density at radius 3 is 2.47 bits per heavy atom. The summed E-state index contributed by atoms with van der Waals surface area (Å²) in [6, 6.07) is 17.3. The van der Waals surface area contributed by atoms with E-state index in [1.54, 1.807) is 18.5 Å². The molecule has 0 radical (unpaired) electrons. The van der Waals surface area contributed by atoms with Gasteiger partial charge in [0.05, 0.1) is 0 Å². The lowest BCUT2D eigenvalue weighted by Gasteiger charge is -2.32. The Labute approximate surface area is 181 Å². The van der Waals surface area contributed by atoms with Gasteiger partial charge < -0.3 is 10.2 Å². The molecule has 1 fully saturated rings. The topological polar surface area (TPSA) is 61.4 Å². The summed E-state index contributed by atoms with van der Waals surface area (Å²) in [7, 11) is 2.16. The smallest absolute Gasteiger partial charge is 0.255 e. The quantitative estimate of drug-likeness (QED) is 0.658. The minimum atomic E-state index is -0.124. The molecule has 1 saturated heterocycles. The van der Waals surface area contributed by atoms with Crippen molar-refractivity contribution in [1.29, 1.82) is 0 Å². The van der Waals surface area contributed by atoms with Gasteiger partial charge in [0.1, 0.15) is 10.1 Å². The summed E-state index contributed by atoms with van der Waals surface area (Å²) in [5, 5.41) is 4.61. The number of anilines is 1. The van der Waals surface area contributed by atoms with E-state index in [0.29, 0.717) is 5.56 Å². The van der Waals surface area contributed by atoms with Gasteiger partial charge >= 0.3 is 0 Å². The third kappa shape index (κ3) is 5.66. The lowest BCUT2D eigenvalue weighted by molar-refractivity contribution is 0.102. The van der Waals surface area contributed by atoms with Crippen LogP contribution in [-0.4, -0.2) is 58.9 Å². The normalized spacial score (nSPS) is 15.1. The highest BCUT2D eigenvalue weighted by atomic mass is 32.2. The average Bonchev–Trinajstić information content (AvgIpc) is 2.77. The van der Waals surface area contributed by atoms with Gasteiger partial charge in [0.15, 0.2) is 0 Å². The molecule has 3 heterocycles. The summed E-state index contributed by atoms with van der Waals surface area (Å²) in [6.45, 7) is 5.30. The summed E-state index contributed by atoms with van der Waals surface area (Å²) < 4.78 is 0. The number of carbonyl (C=O) groups is 1. The average molecular weight is 420 g/mol. The molecule has 0 bridgehead atoms. The second kappa shape index (κ2) is 9.84. The molecule has 0 saturated carbocycles. The molecule has 6 nitrogen and oxygen atoms in total. The number of rotatable bonds is 6. The molecular formula is C23H25N5OS. The Hall–Kier alpha value is -2.74. The minimum Gasteiger partial charge on any atom is -0.322 e. The fraction of sp³-hybridized carbons (Fsp3) is 0.261. The maximum absolute atomic E-state index is 12.7. The van der Waals surface area contributed by atoms with Gasteiger partial charge in [-0.2, -0.15) is 0 Å². The van der Waals surface area contributed by atoms with Gasteiger partial charge in [-0.15, -0.1) is 0 Å². The van der Waals surface area contributed by atoms with Crippen LogP contribution >= 0.6 is 11.8 Å². The largest absolute Gasteiger partial charge is 0.322 e. The van der Waals surface area contributed by atoms with Crippen molar-refractivity contribution in [3.63, 3.8) is 0 Å². The van der Waals surface area contributed by atoms with Crippen LogP contribution in [0, 0.1) is 0 Å². The van der Waals surface area contributed by atoms with E-state index < -0.39 is 0 Å². The van der Waals surface area contributed by atoms with Crippen molar-refractivity contribution in [3.05, 3.63) is 78.1 Å². The molecule has 1 N–H and O–H groups in total. The van der Waals surface area contributed by atoms with E-state index in [0.717, 1.165) is 48.5 Å². The number of carbonyl (C=O) groups excluding carboxylic acids is 1. The van der Waals surface area contributed by atoms with Crippen LogP contribution in [0.3, 0.4) is 0 Å². The van der Waals surface area contributed by atoms with Gasteiger partial charge in [-0.05, 0) is 49.0 Å². The number of pyridine rings is 2. The molecule has 30 heavy (non-hydrogen) atoms. The number of hydrogen-bond donors (Lipinski definition) is 1. The third-order valence-corrected chi connectivity index (χ3v) is 5.94. The van der Waals surface area contributed by atoms with Gasteiger partial charge in [0.2, 0.25) is 0 Å². The van der Waals surface area contributed by atoms with Crippen molar-refractivity contribution in [3.8, 4) is 0 Å². The zero-order valence-corrected chi connectivity index (χ0v) is 17.8. The predicted molar refractivity (Wildman–Crippen MR) is 120 cm³/mol. The minimum absolute atomic E-state index is 0.124. The van der Waals surface area contributed by atoms with Crippen molar-refractivity contribution in [2.24, 2.45) is 0 Å². The highest BCUT2D eigenvalue weighted by molar-refractivity contribution is 7.99. The monoisotopic (exact) mass is 419 g/mol. The molecule has 1 amide bonds. The Bertz CT molecular complexity index is 972. The second-order valence-electron chi connectivity index (χ2n) is 7.38. The van der Waals surface area contributed by atoms with Crippen molar-refractivity contribution in [1.82, 2.24) is 19.8 Å². The molecule has 0 unspecified atom stereocenters. The maximum Gasteiger partial charge on any atom is 0.255 e. The highest BCUT2D eigenvalue weighted by Gasteiger charge is 2.14. The van der Waals surface area contributed by atoms with Crippen molar-refractivity contribution < 1.29 is 4.79 Å². The van der Waals surface area contributed by atoms with Crippen LogP contribution in [0.25, 0.3) is 0 Å². The Morgan fingerprint density at radius 2 is 1.73 bits per heavy atom. The van der Waals surface area contributed by atoms with E-state index in [9.17, 15) is 4.79 Å². The second-order valence-corrected chi connectivity index (χ2v) is 8.42. The molecule has 1 aromatic carbocycles. The van der Waals surface area contributed by atoms with Crippen LogP contribution in [0.4, 0.5) is 5.69 Å². The lowest BCUT2D eigenvalue weighted by atomic mass is 10.1. The number of nitrogens with zero attached hydrogens (tertiary/aromatic N) is 4. The van der Waals surface area contributed by atoms with E-state index in [1.165, 1.54) is 17.3 Å². The Morgan fingerprint density at radius 1 is 0.967 bits per heavy atom. The van der Waals surface area contributed by atoms with Crippen LogP contribution < -0.4 is 5.32 Å². The first-order valence-corrected chi connectivity index (χ1v) is 10.8. The zero-order chi connectivity index (χ0) is 20.8. The van der Waals surface area contributed by atoms with E-state index in [4.69, 9.17) is 0 Å². The number of likely N-dealkylation sites (N-methyl/N-ethyl adjacent to an activating group) is 1. The Kier molecular flexibility index (Phi) is 6.74. The molecule has 154 valence electrons. The number of aromatic nitrogens is 2. The van der Waals surface area contributed by atoms with Gasteiger partial charge in [0, 0.05) is 56.4 Å². The number of amides is 1. The summed E-state index contributed by atoms with van der Waals surface area (Å²) in [5.41, 5.74) is 2.59. The van der Waals surface area contributed by atoms with Gasteiger partial charge in [0.25, 0.3) is 5.91 Å². The van der Waals surface area contributed by atoms with Crippen molar-refractivity contribution in [2.45, 2.75) is 16.6 Å². The Balaban J connectivity index is 1.35. The van der Waals surface area contributed by atoms with E-state index in [2.05, 4.69) is 32.1 Å². The third-order valence-electron chi connectivity index (χ3n) is 5.06. The molecule has 7 heteroatoms. The zero-order valence-electron chi connectivity index (χ0n) is 17.0. The molecular weight excluding hydrogens is 394 g/mol. The maximum atomic E-state index is 12.7. The predicted octanol–water partition coefficient (Wildman–Crippen LogP) is 3.63. The molecule has 1 aliphatic rings. The van der Waals surface area contributed by atoms with Gasteiger partial charge in [-0.1, -0.05) is 30.0 Å². The summed E-state index contributed by atoms with van der Waals surface area (Å²) in [4.78, 5) is 26.1. The molecule has 4 rings (SSSR count). The van der Waals surface area contributed by atoms with Gasteiger partial charge in [-0.3, -0.25) is 9.69 Å². The van der Waals surface area contributed by atoms with Gasteiger partial charge in [-0.25, -0.2) is 9.97 Å². The fourth-order valence-corrected chi connectivity index (χ4v) is 4.06. The van der Waals surface area contributed by atoms with Crippen molar-refractivity contribution in [2.75, 3.05) is 38.5 Å². The summed E-state index contributed by atoms with van der Waals surface area (Å²) in [5.74, 6) is -0.124. The SMILES string of the molecule is CN1CCN(Cc2ccc(C(=O)Nc3ccnc(Sc4ccccn4)c3)cc2)CC1. The van der Waals surface area contributed by atoms with E-state index in [-0.39, 0.29) is 5.91 Å². The first-order valence-electron chi connectivity index (χ1n) is 10.0. The van der Waals surface area contributed by atoms with E-state index in [1.807, 2.05) is 48.5 Å².